The fraction of sp³-hybridized carbons (Fsp3) is 0.667. The topological polar surface area (TPSA) is 18.5 Å². The fourth-order valence-corrected chi connectivity index (χ4v) is 0.326. The predicted molar refractivity (Wildman–Crippen MR) is 31.1 cm³/mol. The smallest absolute Gasteiger partial charge is 0.496 e. The normalized spacial score (nSPS) is 7.33. The Bertz CT molecular complexity index is 65.5. The van der Waals surface area contributed by atoms with Crippen molar-refractivity contribution in [2.75, 3.05) is 13.2 Å². The molecule has 0 aromatic rings. The molecule has 0 saturated carbocycles. The molecule has 0 spiro atoms. The van der Waals surface area contributed by atoms with E-state index in [9.17, 15) is 0 Å². The largest absolute Gasteiger partial charge is 1.00 e. The summed E-state index contributed by atoms with van der Waals surface area (Å²) >= 11 is 0. The van der Waals surface area contributed by atoms with Gasteiger partial charge in [-0.1, -0.05) is 0 Å². The van der Waals surface area contributed by atoms with Gasteiger partial charge in [-0.05, 0) is 13.8 Å². The van der Waals surface area contributed by atoms with Gasteiger partial charge >= 0.3 is 18.9 Å². The Morgan fingerprint density at radius 3 is 1.78 bits per heavy atom. The quantitative estimate of drug-likeness (QED) is 0.252. The van der Waals surface area contributed by atoms with Gasteiger partial charge in [0.15, 0.2) is 0 Å². The molecule has 0 aliphatic carbocycles. The van der Waals surface area contributed by atoms with Crippen molar-refractivity contribution in [1.82, 2.24) is 0 Å². The van der Waals surface area contributed by atoms with E-state index in [-0.39, 0.29) is 24.8 Å². The van der Waals surface area contributed by atoms with Crippen molar-refractivity contribution in [1.29, 1.82) is 0 Å². The van der Waals surface area contributed by atoms with Gasteiger partial charge in [-0.3, -0.25) is 0 Å². The molecule has 48 valence electrons. The van der Waals surface area contributed by atoms with Crippen LogP contribution in [0, 0.1) is 6.58 Å². The summed E-state index contributed by atoms with van der Waals surface area (Å²) in [6, 6.07) is 0. The molecule has 9 heavy (non-hydrogen) atoms. The van der Waals surface area contributed by atoms with Gasteiger partial charge in [-0.15, -0.1) is 0 Å². The first kappa shape index (κ1) is 11.7. The van der Waals surface area contributed by atoms with Crippen LogP contribution in [0.3, 0.4) is 0 Å². The first-order valence-corrected chi connectivity index (χ1v) is 2.69. The van der Waals surface area contributed by atoms with Crippen molar-refractivity contribution in [3.8, 4) is 0 Å². The van der Waals surface area contributed by atoms with E-state index in [0.29, 0.717) is 13.2 Å². The van der Waals surface area contributed by atoms with Gasteiger partial charge in [0.05, 0.1) is 19.2 Å². The van der Waals surface area contributed by atoms with Crippen molar-refractivity contribution in [3.05, 3.63) is 12.5 Å². The van der Waals surface area contributed by atoms with E-state index >= 15 is 0 Å². The van der Waals surface area contributed by atoms with Crippen LogP contribution in [0.4, 0.5) is 0 Å². The molecule has 0 atom stereocenters. The number of rotatable bonds is 4. The third-order valence-electron chi connectivity index (χ3n) is 0.573. The molecule has 2 nitrogen and oxygen atoms in total. The zero-order chi connectivity index (χ0) is 6.41. The maximum Gasteiger partial charge on any atom is 1.00 e. The maximum absolute atomic E-state index is 5.17. The molecule has 0 N–H and O–H groups in total. The summed E-state index contributed by atoms with van der Waals surface area (Å²) in [6.07, 6.45) is 0. The van der Waals surface area contributed by atoms with Crippen LogP contribution >= 0.6 is 0 Å². The SMILES string of the molecule is [CH-]=C(OCC)OCC.[Li+]. The minimum absolute atomic E-state index is 0. The first-order chi connectivity index (χ1) is 3.81. The van der Waals surface area contributed by atoms with E-state index in [1.807, 2.05) is 13.8 Å². The summed E-state index contributed by atoms with van der Waals surface area (Å²) in [6.45, 7) is 10.00. The first-order valence-electron chi connectivity index (χ1n) is 2.69. The standard InChI is InChI=1S/C6H11O2.Li/c1-4-7-6(3)8-5-2;/h3H,4-5H2,1-2H3;/q-1;+1. The van der Waals surface area contributed by atoms with Crippen molar-refractivity contribution in [2.45, 2.75) is 13.8 Å². The van der Waals surface area contributed by atoms with E-state index in [0.717, 1.165) is 0 Å². The molecule has 0 radical (unpaired) electrons. The third-order valence-corrected chi connectivity index (χ3v) is 0.573. The van der Waals surface area contributed by atoms with Crippen molar-refractivity contribution in [3.63, 3.8) is 0 Å². The average molecular weight is 122 g/mol. The van der Waals surface area contributed by atoms with Crippen molar-refractivity contribution in [2.24, 2.45) is 0 Å². The van der Waals surface area contributed by atoms with E-state index in [2.05, 4.69) is 0 Å². The Morgan fingerprint density at radius 2 is 1.56 bits per heavy atom. The molecule has 0 unspecified atom stereocenters. The second-order valence-corrected chi connectivity index (χ2v) is 1.19. The van der Waals surface area contributed by atoms with Crippen LogP contribution in [0.25, 0.3) is 0 Å². The summed E-state index contributed by atoms with van der Waals surface area (Å²) in [5.74, 6) is 0.162. The number of hydrogen-bond donors (Lipinski definition) is 0. The van der Waals surface area contributed by atoms with Crippen LogP contribution in [-0.2, 0) is 9.47 Å². The van der Waals surface area contributed by atoms with Gasteiger partial charge in [0, 0.05) is 0 Å². The Kier molecular flexibility index (Phi) is 10.3. The van der Waals surface area contributed by atoms with Crippen LogP contribution < -0.4 is 18.9 Å². The second kappa shape index (κ2) is 7.94. The molecule has 0 aliphatic heterocycles. The minimum atomic E-state index is 0. The van der Waals surface area contributed by atoms with Gasteiger partial charge in [-0.2, -0.15) is 0 Å². The minimum Gasteiger partial charge on any atom is -0.496 e. The molecular formula is C6H11LiO2. The number of hydrogen-bond acceptors (Lipinski definition) is 2. The van der Waals surface area contributed by atoms with Crippen LogP contribution in [0.5, 0.6) is 0 Å². The van der Waals surface area contributed by atoms with E-state index < -0.39 is 0 Å². The molecule has 0 fully saturated rings. The molecule has 0 aromatic carbocycles. The van der Waals surface area contributed by atoms with Gasteiger partial charge in [0.1, 0.15) is 0 Å². The Balaban J connectivity index is 0. The van der Waals surface area contributed by atoms with E-state index in [1.54, 1.807) is 0 Å². The zero-order valence-corrected chi connectivity index (χ0v) is 6.31. The van der Waals surface area contributed by atoms with Crippen LogP contribution in [0.1, 0.15) is 13.8 Å². The molecule has 0 saturated heterocycles. The summed E-state index contributed by atoms with van der Waals surface area (Å²) in [5, 5.41) is 0. The van der Waals surface area contributed by atoms with Gasteiger partial charge in [0.25, 0.3) is 0 Å². The molecule has 0 heterocycles. The summed E-state index contributed by atoms with van der Waals surface area (Å²) in [7, 11) is 0. The van der Waals surface area contributed by atoms with Gasteiger partial charge < -0.3 is 16.1 Å². The Hall–Kier alpha value is -0.0626. The van der Waals surface area contributed by atoms with E-state index in [4.69, 9.17) is 16.1 Å². The molecule has 0 amide bonds. The summed E-state index contributed by atoms with van der Waals surface area (Å²) < 4.78 is 9.51. The molecule has 0 rings (SSSR count). The molecule has 3 heteroatoms. The zero-order valence-electron chi connectivity index (χ0n) is 6.31. The van der Waals surface area contributed by atoms with Crippen LogP contribution in [0.15, 0.2) is 5.95 Å². The molecular weight excluding hydrogens is 111 g/mol. The van der Waals surface area contributed by atoms with Crippen LogP contribution in [0.2, 0.25) is 0 Å². The van der Waals surface area contributed by atoms with Crippen molar-refractivity contribution < 1.29 is 28.3 Å². The second-order valence-electron chi connectivity index (χ2n) is 1.19. The van der Waals surface area contributed by atoms with Gasteiger partial charge in [-0.25, -0.2) is 0 Å². The monoisotopic (exact) mass is 122 g/mol. The molecule has 0 bridgehead atoms. The Labute approximate surface area is 68.4 Å². The van der Waals surface area contributed by atoms with E-state index in [1.165, 1.54) is 0 Å². The Morgan fingerprint density at radius 1 is 1.22 bits per heavy atom. The predicted octanol–water partition coefficient (Wildman–Crippen LogP) is -1.66. The van der Waals surface area contributed by atoms with Crippen LogP contribution in [-0.4, -0.2) is 13.2 Å². The third kappa shape index (κ3) is 7.94. The molecule has 0 aliphatic rings. The fourth-order valence-electron chi connectivity index (χ4n) is 0.326. The summed E-state index contributed by atoms with van der Waals surface area (Å²) in [4.78, 5) is 0. The molecule has 0 aromatic heterocycles. The van der Waals surface area contributed by atoms with Gasteiger partial charge in [0.2, 0.25) is 0 Å². The van der Waals surface area contributed by atoms with Crippen molar-refractivity contribution >= 4 is 0 Å². The average Bonchev–Trinajstić information content (AvgIpc) is 1.68. The summed E-state index contributed by atoms with van der Waals surface area (Å²) in [5.41, 5.74) is 0. The maximum atomic E-state index is 5.17. The number of ether oxygens (including phenoxy) is 2.